The Morgan fingerprint density at radius 3 is 2.61 bits per heavy atom. The molecule has 28 heavy (non-hydrogen) atoms. The molecule has 0 bridgehead atoms. The third-order valence-corrected chi connectivity index (χ3v) is 5.40. The molecule has 2 aromatic rings. The Bertz CT molecular complexity index is 777. The monoisotopic (exact) mass is 403 g/mol. The van der Waals surface area contributed by atoms with E-state index in [0.717, 1.165) is 21.7 Å². The number of ether oxygens (including phenoxy) is 1. The van der Waals surface area contributed by atoms with Crippen molar-refractivity contribution < 1.29 is 14.3 Å². The first-order valence-corrected chi connectivity index (χ1v) is 10.1. The van der Waals surface area contributed by atoms with E-state index in [1.54, 1.807) is 35.3 Å². The minimum absolute atomic E-state index is 0.0208. The first-order chi connectivity index (χ1) is 13.4. The number of hydrogen-bond donors (Lipinski definition) is 1. The molecule has 0 aliphatic carbocycles. The van der Waals surface area contributed by atoms with Crippen LogP contribution >= 0.6 is 11.3 Å². The van der Waals surface area contributed by atoms with E-state index in [1.807, 2.05) is 49.6 Å². The highest BCUT2D eigenvalue weighted by Gasteiger charge is 2.18. The number of nitrogens with zero attached hydrogens (tertiary/aromatic N) is 2. The number of thiophene rings is 1. The van der Waals surface area contributed by atoms with E-state index in [9.17, 15) is 9.59 Å². The molecule has 0 aliphatic heterocycles. The maximum Gasteiger partial charge on any atom is 0.238 e. The molecule has 0 fully saturated rings. The molecule has 152 valence electrons. The van der Waals surface area contributed by atoms with Gasteiger partial charge in [-0.2, -0.15) is 0 Å². The zero-order valence-corrected chi connectivity index (χ0v) is 17.8. The molecule has 7 heteroatoms. The van der Waals surface area contributed by atoms with Crippen LogP contribution < -0.4 is 5.32 Å². The smallest absolute Gasteiger partial charge is 0.238 e. The van der Waals surface area contributed by atoms with Gasteiger partial charge in [0.05, 0.1) is 26.2 Å². The molecule has 1 heterocycles. The summed E-state index contributed by atoms with van der Waals surface area (Å²) in [6, 6.07) is 9.81. The Morgan fingerprint density at radius 2 is 1.93 bits per heavy atom. The maximum absolute atomic E-state index is 12.7. The Labute approximate surface area is 171 Å². The zero-order valence-electron chi connectivity index (χ0n) is 17.0. The Kier molecular flexibility index (Phi) is 8.63. The normalized spacial score (nSPS) is 10.9. The lowest BCUT2D eigenvalue weighted by atomic mass is 10.1. The summed E-state index contributed by atoms with van der Waals surface area (Å²) in [6.45, 7) is 5.88. The Hall–Kier alpha value is -2.22. The highest BCUT2D eigenvalue weighted by molar-refractivity contribution is 7.09. The number of carbonyl (C=O) groups excluding carboxylic acids is 2. The largest absolute Gasteiger partial charge is 0.383 e. The number of likely N-dealkylation sites (N-methyl/N-ethyl adjacent to an activating group) is 1. The lowest BCUT2D eigenvalue weighted by Crippen LogP contribution is -2.42. The average Bonchev–Trinajstić information content (AvgIpc) is 3.15. The van der Waals surface area contributed by atoms with Gasteiger partial charge < -0.3 is 15.0 Å². The molecule has 0 unspecified atom stereocenters. The van der Waals surface area contributed by atoms with Gasteiger partial charge in [-0.1, -0.05) is 18.2 Å². The highest BCUT2D eigenvalue weighted by Crippen LogP contribution is 2.18. The number of hydrogen-bond acceptors (Lipinski definition) is 5. The molecule has 0 saturated heterocycles. The molecule has 0 saturated carbocycles. The highest BCUT2D eigenvalue weighted by atomic mass is 32.1. The van der Waals surface area contributed by atoms with Crippen LogP contribution in [-0.4, -0.2) is 62.0 Å². The van der Waals surface area contributed by atoms with Crippen molar-refractivity contribution in [1.29, 1.82) is 0 Å². The van der Waals surface area contributed by atoms with Crippen molar-refractivity contribution in [1.82, 2.24) is 9.80 Å². The van der Waals surface area contributed by atoms with E-state index in [-0.39, 0.29) is 24.9 Å². The van der Waals surface area contributed by atoms with Gasteiger partial charge in [-0.15, -0.1) is 11.3 Å². The number of anilines is 1. The fourth-order valence-corrected chi connectivity index (χ4v) is 3.51. The van der Waals surface area contributed by atoms with Crippen molar-refractivity contribution in [2.24, 2.45) is 0 Å². The minimum atomic E-state index is -0.134. The Morgan fingerprint density at radius 1 is 1.14 bits per heavy atom. The summed E-state index contributed by atoms with van der Waals surface area (Å²) in [5.74, 6) is -0.154. The molecule has 1 aromatic carbocycles. The Balaban J connectivity index is 1.89. The second-order valence-corrected chi connectivity index (χ2v) is 7.89. The summed E-state index contributed by atoms with van der Waals surface area (Å²) in [4.78, 5) is 29.7. The van der Waals surface area contributed by atoms with Crippen molar-refractivity contribution >= 4 is 28.8 Å². The van der Waals surface area contributed by atoms with Gasteiger partial charge in [0.2, 0.25) is 11.8 Å². The van der Waals surface area contributed by atoms with Gasteiger partial charge >= 0.3 is 0 Å². The minimum Gasteiger partial charge on any atom is -0.383 e. The topological polar surface area (TPSA) is 61.9 Å². The standard InChI is InChI=1S/C21H29N3O3S/c1-16-7-5-9-19(17(16)2)22-20(25)14-23(3)15-21(26)24(10-11-27-4)13-18-8-6-12-28-18/h5-9,12H,10-11,13-15H2,1-4H3,(H,22,25). The van der Waals surface area contributed by atoms with Crippen molar-refractivity contribution in [3.05, 3.63) is 51.7 Å². The van der Waals surface area contributed by atoms with Crippen LogP contribution in [0.4, 0.5) is 5.69 Å². The van der Waals surface area contributed by atoms with Crippen molar-refractivity contribution in [3.63, 3.8) is 0 Å². The second kappa shape index (κ2) is 10.9. The molecular formula is C21H29N3O3S. The molecular weight excluding hydrogens is 374 g/mol. The van der Waals surface area contributed by atoms with Crippen molar-refractivity contribution in [2.75, 3.05) is 45.7 Å². The molecule has 0 spiro atoms. The van der Waals surface area contributed by atoms with E-state index in [4.69, 9.17) is 4.74 Å². The second-order valence-electron chi connectivity index (χ2n) is 6.86. The van der Waals surface area contributed by atoms with Gasteiger partial charge in [0, 0.05) is 24.2 Å². The van der Waals surface area contributed by atoms with Gasteiger partial charge in [0.15, 0.2) is 0 Å². The van der Waals surface area contributed by atoms with E-state index < -0.39 is 0 Å². The third kappa shape index (κ3) is 6.74. The van der Waals surface area contributed by atoms with E-state index in [0.29, 0.717) is 19.7 Å². The van der Waals surface area contributed by atoms with Crippen LogP contribution in [0, 0.1) is 13.8 Å². The first-order valence-electron chi connectivity index (χ1n) is 9.24. The molecule has 2 rings (SSSR count). The van der Waals surface area contributed by atoms with Gasteiger partial charge in [-0.05, 0) is 49.5 Å². The van der Waals surface area contributed by atoms with Gasteiger partial charge in [-0.25, -0.2) is 0 Å². The molecule has 0 aliphatic rings. The van der Waals surface area contributed by atoms with Crippen molar-refractivity contribution in [3.8, 4) is 0 Å². The maximum atomic E-state index is 12.7. The van der Waals surface area contributed by atoms with Crippen LogP contribution in [0.2, 0.25) is 0 Å². The number of benzene rings is 1. The van der Waals surface area contributed by atoms with Gasteiger partial charge in [0.25, 0.3) is 0 Å². The average molecular weight is 404 g/mol. The first kappa shape index (κ1) is 22.1. The molecule has 6 nitrogen and oxygen atoms in total. The van der Waals surface area contributed by atoms with Crippen LogP contribution in [0.1, 0.15) is 16.0 Å². The van der Waals surface area contributed by atoms with Gasteiger partial charge in [-0.3, -0.25) is 14.5 Å². The van der Waals surface area contributed by atoms with Crippen LogP contribution in [0.5, 0.6) is 0 Å². The SMILES string of the molecule is COCCN(Cc1cccs1)C(=O)CN(C)CC(=O)Nc1cccc(C)c1C. The van der Waals surface area contributed by atoms with Crippen LogP contribution in [-0.2, 0) is 20.9 Å². The predicted octanol–water partition coefficient (Wildman–Crippen LogP) is 2.91. The van der Waals surface area contributed by atoms with Crippen LogP contribution in [0.3, 0.4) is 0 Å². The molecule has 1 aromatic heterocycles. The summed E-state index contributed by atoms with van der Waals surface area (Å²) in [5.41, 5.74) is 2.99. The van der Waals surface area contributed by atoms with Gasteiger partial charge in [0.1, 0.15) is 0 Å². The summed E-state index contributed by atoms with van der Waals surface area (Å²) in [7, 11) is 3.40. The lowest BCUT2D eigenvalue weighted by Gasteiger charge is -2.25. The summed E-state index contributed by atoms with van der Waals surface area (Å²) >= 11 is 1.62. The summed E-state index contributed by atoms with van der Waals surface area (Å²) in [5, 5.41) is 4.93. The number of aryl methyl sites for hydroxylation is 1. The zero-order chi connectivity index (χ0) is 20.5. The number of rotatable bonds is 10. The van der Waals surface area contributed by atoms with E-state index in [2.05, 4.69) is 5.32 Å². The number of nitrogens with one attached hydrogen (secondary N) is 1. The number of amides is 2. The number of carbonyl (C=O) groups is 2. The number of methoxy groups -OCH3 is 1. The van der Waals surface area contributed by atoms with Crippen LogP contribution in [0.25, 0.3) is 0 Å². The quantitative estimate of drug-likeness (QED) is 0.663. The fraction of sp³-hybridized carbons (Fsp3) is 0.429. The molecule has 0 radical (unpaired) electrons. The molecule has 0 atom stereocenters. The van der Waals surface area contributed by atoms with E-state index in [1.165, 1.54) is 0 Å². The molecule has 1 N–H and O–H groups in total. The third-order valence-electron chi connectivity index (χ3n) is 4.54. The van der Waals surface area contributed by atoms with E-state index >= 15 is 0 Å². The predicted molar refractivity (Wildman–Crippen MR) is 114 cm³/mol. The van der Waals surface area contributed by atoms with Crippen molar-refractivity contribution in [2.45, 2.75) is 20.4 Å². The summed E-state index contributed by atoms with van der Waals surface area (Å²) < 4.78 is 5.13. The molecule has 2 amide bonds. The summed E-state index contributed by atoms with van der Waals surface area (Å²) in [6.07, 6.45) is 0. The lowest BCUT2D eigenvalue weighted by molar-refractivity contribution is -0.133. The van der Waals surface area contributed by atoms with Crippen LogP contribution in [0.15, 0.2) is 35.7 Å². The fourth-order valence-electron chi connectivity index (χ4n) is 2.79.